The summed E-state index contributed by atoms with van der Waals surface area (Å²) in [6.45, 7) is 4.25. The van der Waals surface area contributed by atoms with E-state index in [0.717, 1.165) is 4.90 Å². The Bertz CT molecular complexity index is 486. The van der Waals surface area contributed by atoms with Crippen LogP contribution in [0.25, 0.3) is 11.1 Å². The van der Waals surface area contributed by atoms with Crippen LogP contribution in [0, 0.1) is 13.8 Å². The van der Waals surface area contributed by atoms with E-state index >= 15 is 0 Å². The largest absolute Gasteiger partial charge is 0.143 e. The van der Waals surface area contributed by atoms with Gasteiger partial charge in [0.15, 0.2) is 0 Å². The third-order valence-electron chi connectivity index (χ3n) is 2.59. The van der Waals surface area contributed by atoms with Gasteiger partial charge in [0.05, 0.1) is 0 Å². The van der Waals surface area contributed by atoms with Crippen LogP contribution < -0.4 is 0 Å². The number of thiol groups is 1. The Hall–Kier alpha value is -1.21. The first-order chi connectivity index (χ1) is 7.18. The molecule has 15 heavy (non-hydrogen) atoms. The van der Waals surface area contributed by atoms with Gasteiger partial charge in [0.1, 0.15) is 0 Å². The van der Waals surface area contributed by atoms with Crippen molar-refractivity contribution in [2.75, 3.05) is 0 Å². The van der Waals surface area contributed by atoms with E-state index in [1.54, 1.807) is 0 Å². The van der Waals surface area contributed by atoms with E-state index in [1.807, 2.05) is 12.1 Å². The average Bonchev–Trinajstić information content (AvgIpc) is 2.23. The van der Waals surface area contributed by atoms with Gasteiger partial charge < -0.3 is 0 Å². The molecule has 0 atom stereocenters. The fourth-order valence-electron chi connectivity index (χ4n) is 1.73. The number of rotatable bonds is 1. The molecule has 0 saturated carbocycles. The minimum atomic E-state index is 1.03. The van der Waals surface area contributed by atoms with E-state index in [0.29, 0.717) is 0 Å². The highest BCUT2D eigenvalue weighted by atomic mass is 32.1. The van der Waals surface area contributed by atoms with Gasteiger partial charge in [-0.3, -0.25) is 0 Å². The zero-order valence-corrected chi connectivity index (χ0v) is 9.88. The first kappa shape index (κ1) is 10.3. The van der Waals surface area contributed by atoms with Crippen LogP contribution in [0.5, 0.6) is 0 Å². The van der Waals surface area contributed by atoms with E-state index in [9.17, 15) is 0 Å². The normalized spacial score (nSPS) is 10.3. The first-order valence-electron chi connectivity index (χ1n) is 5.04. The highest BCUT2D eigenvalue weighted by molar-refractivity contribution is 7.80. The van der Waals surface area contributed by atoms with Crippen molar-refractivity contribution in [2.24, 2.45) is 0 Å². The fourth-order valence-corrected chi connectivity index (χ4v) is 2.01. The molecule has 0 aliphatic carbocycles. The van der Waals surface area contributed by atoms with Crippen LogP contribution >= 0.6 is 12.6 Å². The molecule has 0 fully saturated rings. The van der Waals surface area contributed by atoms with Crippen molar-refractivity contribution in [3.05, 3.63) is 53.6 Å². The molecular weight excluding hydrogens is 200 g/mol. The zero-order valence-electron chi connectivity index (χ0n) is 8.99. The molecule has 0 radical (unpaired) electrons. The molecule has 0 nitrogen and oxygen atoms in total. The summed E-state index contributed by atoms with van der Waals surface area (Å²) in [5.41, 5.74) is 5.07. The minimum Gasteiger partial charge on any atom is -0.143 e. The standard InChI is InChI=1S/C14H14S/c1-10-7-8-11(2)13(9-10)12-5-3-4-6-14(12)15/h3-9,15H,1-2H3. The molecule has 2 aromatic carbocycles. The van der Waals surface area contributed by atoms with Crippen molar-refractivity contribution in [1.29, 1.82) is 0 Å². The van der Waals surface area contributed by atoms with Crippen molar-refractivity contribution in [3.63, 3.8) is 0 Å². The number of hydrogen-bond acceptors (Lipinski definition) is 1. The Morgan fingerprint density at radius 3 is 2.33 bits per heavy atom. The maximum atomic E-state index is 4.49. The van der Waals surface area contributed by atoms with Crippen molar-refractivity contribution in [3.8, 4) is 11.1 Å². The van der Waals surface area contributed by atoms with Crippen molar-refractivity contribution in [1.82, 2.24) is 0 Å². The van der Waals surface area contributed by atoms with Crippen LogP contribution in [0.15, 0.2) is 47.4 Å². The average molecular weight is 214 g/mol. The van der Waals surface area contributed by atoms with Gasteiger partial charge in [-0.05, 0) is 36.6 Å². The molecule has 0 bridgehead atoms. The van der Waals surface area contributed by atoms with Gasteiger partial charge in [0.2, 0.25) is 0 Å². The maximum Gasteiger partial charge on any atom is 0.0119 e. The fraction of sp³-hybridized carbons (Fsp3) is 0.143. The lowest BCUT2D eigenvalue weighted by molar-refractivity contribution is 1.36. The van der Waals surface area contributed by atoms with Crippen LogP contribution in [0.1, 0.15) is 11.1 Å². The highest BCUT2D eigenvalue weighted by Crippen LogP contribution is 2.29. The van der Waals surface area contributed by atoms with E-state index in [-0.39, 0.29) is 0 Å². The zero-order chi connectivity index (χ0) is 10.8. The van der Waals surface area contributed by atoms with Gasteiger partial charge in [0, 0.05) is 4.90 Å². The van der Waals surface area contributed by atoms with E-state index in [4.69, 9.17) is 0 Å². The smallest absolute Gasteiger partial charge is 0.0119 e. The summed E-state index contributed by atoms with van der Waals surface area (Å²) < 4.78 is 0. The van der Waals surface area contributed by atoms with Crippen LogP contribution in [0.3, 0.4) is 0 Å². The van der Waals surface area contributed by atoms with Crippen LogP contribution in [0.2, 0.25) is 0 Å². The molecule has 0 aliphatic rings. The van der Waals surface area contributed by atoms with Crippen molar-refractivity contribution >= 4 is 12.6 Å². The molecule has 0 spiro atoms. The molecular formula is C14H14S. The summed E-state index contributed by atoms with van der Waals surface area (Å²) in [5, 5.41) is 0. The number of hydrogen-bond donors (Lipinski definition) is 1. The van der Waals surface area contributed by atoms with Crippen molar-refractivity contribution in [2.45, 2.75) is 18.7 Å². The molecule has 2 aromatic rings. The van der Waals surface area contributed by atoms with E-state index in [1.165, 1.54) is 22.3 Å². The van der Waals surface area contributed by atoms with Gasteiger partial charge >= 0.3 is 0 Å². The molecule has 0 unspecified atom stereocenters. The third-order valence-corrected chi connectivity index (χ3v) is 2.98. The van der Waals surface area contributed by atoms with Gasteiger partial charge in [-0.2, -0.15) is 0 Å². The SMILES string of the molecule is Cc1ccc(C)c(-c2ccccc2S)c1. The molecule has 76 valence electrons. The van der Waals surface area contributed by atoms with Crippen molar-refractivity contribution < 1.29 is 0 Å². The summed E-state index contributed by atoms with van der Waals surface area (Å²) in [6, 6.07) is 14.7. The molecule has 2 rings (SSSR count). The number of aryl methyl sites for hydroxylation is 2. The predicted molar refractivity (Wildman–Crippen MR) is 68.6 cm³/mol. The quantitative estimate of drug-likeness (QED) is 0.674. The summed E-state index contributed by atoms with van der Waals surface area (Å²) in [5.74, 6) is 0. The van der Waals surface area contributed by atoms with Gasteiger partial charge in [0.25, 0.3) is 0 Å². The Morgan fingerprint density at radius 1 is 0.867 bits per heavy atom. The first-order valence-corrected chi connectivity index (χ1v) is 5.49. The molecule has 0 N–H and O–H groups in total. The summed E-state index contributed by atoms with van der Waals surface area (Å²) in [7, 11) is 0. The van der Waals surface area contributed by atoms with Gasteiger partial charge in [-0.1, -0.05) is 42.0 Å². The second kappa shape index (κ2) is 4.11. The Labute approximate surface area is 96.4 Å². The van der Waals surface area contributed by atoms with Crippen LogP contribution in [0.4, 0.5) is 0 Å². The molecule has 0 aliphatic heterocycles. The van der Waals surface area contributed by atoms with Crippen LogP contribution in [-0.4, -0.2) is 0 Å². The molecule has 0 heterocycles. The topological polar surface area (TPSA) is 0 Å². The van der Waals surface area contributed by atoms with E-state index < -0.39 is 0 Å². The van der Waals surface area contributed by atoms with Gasteiger partial charge in [-0.25, -0.2) is 0 Å². The lowest BCUT2D eigenvalue weighted by Crippen LogP contribution is -1.85. The number of benzene rings is 2. The second-order valence-corrected chi connectivity index (χ2v) is 4.32. The predicted octanol–water partition coefficient (Wildman–Crippen LogP) is 4.26. The molecule has 1 heteroatoms. The summed E-state index contributed by atoms with van der Waals surface area (Å²) in [6.07, 6.45) is 0. The Kier molecular flexibility index (Phi) is 2.83. The monoisotopic (exact) mass is 214 g/mol. The lowest BCUT2D eigenvalue weighted by Gasteiger charge is -2.09. The third kappa shape index (κ3) is 2.07. The Morgan fingerprint density at radius 2 is 1.60 bits per heavy atom. The molecule has 0 aromatic heterocycles. The molecule has 0 saturated heterocycles. The molecule has 0 amide bonds. The van der Waals surface area contributed by atoms with E-state index in [2.05, 4.69) is 56.8 Å². The lowest BCUT2D eigenvalue weighted by atomic mass is 9.98. The van der Waals surface area contributed by atoms with Gasteiger partial charge in [-0.15, -0.1) is 12.6 Å². The highest BCUT2D eigenvalue weighted by Gasteiger charge is 2.04. The van der Waals surface area contributed by atoms with Crippen LogP contribution in [-0.2, 0) is 0 Å². The minimum absolute atomic E-state index is 1.03. The summed E-state index contributed by atoms with van der Waals surface area (Å²) in [4.78, 5) is 1.03. The second-order valence-electron chi connectivity index (χ2n) is 3.84. The summed E-state index contributed by atoms with van der Waals surface area (Å²) >= 11 is 4.49. The maximum absolute atomic E-state index is 4.49. The Balaban J connectivity index is 2.64.